The van der Waals surface area contributed by atoms with Crippen molar-refractivity contribution in [2.75, 3.05) is 0 Å². The van der Waals surface area contributed by atoms with E-state index in [9.17, 15) is 4.79 Å². The molecule has 0 bridgehead atoms. The summed E-state index contributed by atoms with van der Waals surface area (Å²) in [7, 11) is 1.83. The number of carboxylic acid groups (broad SMARTS) is 1. The largest absolute Gasteiger partial charge is 0.480 e. The van der Waals surface area contributed by atoms with Crippen LogP contribution in [0, 0.1) is 13.8 Å². The minimum Gasteiger partial charge on any atom is -0.480 e. The molecule has 1 aromatic heterocycles. The predicted octanol–water partition coefficient (Wildman–Crippen LogP) is 0.121. The molecule has 0 aromatic carbocycles. The van der Waals surface area contributed by atoms with Crippen molar-refractivity contribution in [1.82, 2.24) is 9.55 Å². The highest BCUT2D eigenvalue weighted by Gasteiger charge is 2.21. The lowest BCUT2D eigenvalue weighted by Crippen LogP contribution is -2.22. The molecule has 0 aliphatic carbocycles. The third kappa shape index (κ3) is 1.55. The molecular weight excluding hydrogens is 170 g/mol. The third-order valence-electron chi connectivity index (χ3n) is 2.20. The van der Waals surface area contributed by atoms with Gasteiger partial charge in [-0.25, -0.2) is 4.98 Å². The predicted molar refractivity (Wildman–Crippen MR) is 47.2 cm³/mol. The Hall–Kier alpha value is -1.36. The number of carbonyl (C=O) groups is 1. The second kappa shape index (κ2) is 3.18. The van der Waals surface area contributed by atoms with Gasteiger partial charge >= 0.3 is 5.97 Å². The number of rotatable bonds is 2. The van der Waals surface area contributed by atoms with Crippen LogP contribution in [-0.4, -0.2) is 20.6 Å². The quantitative estimate of drug-likeness (QED) is 0.682. The topological polar surface area (TPSA) is 81.1 Å². The Morgan fingerprint density at radius 2 is 2.15 bits per heavy atom. The Kier molecular flexibility index (Phi) is 2.38. The summed E-state index contributed by atoms with van der Waals surface area (Å²) in [6, 6.07) is -1.03. The molecule has 1 unspecified atom stereocenters. The molecule has 0 saturated carbocycles. The van der Waals surface area contributed by atoms with E-state index in [1.54, 1.807) is 6.92 Å². The van der Waals surface area contributed by atoms with E-state index in [1.807, 2.05) is 18.5 Å². The van der Waals surface area contributed by atoms with Crippen LogP contribution in [0.1, 0.15) is 23.3 Å². The molecule has 0 spiro atoms. The Bertz CT molecular complexity index is 343. The summed E-state index contributed by atoms with van der Waals surface area (Å²) in [6.45, 7) is 3.61. The summed E-state index contributed by atoms with van der Waals surface area (Å²) in [4.78, 5) is 14.7. The van der Waals surface area contributed by atoms with Gasteiger partial charge in [0.25, 0.3) is 0 Å². The van der Waals surface area contributed by atoms with Gasteiger partial charge in [0, 0.05) is 12.7 Å². The summed E-state index contributed by atoms with van der Waals surface area (Å²) in [6.07, 6.45) is 0. The average molecular weight is 183 g/mol. The minimum atomic E-state index is -1.05. The summed E-state index contributed by atoms with van der Waals surface area (Å²) in [5.41, 5.74) is 6.68. The maximum Gasteiger partial charge on any atom is 0.326 e. The summed E-state index contributed by atoms with van der Waals surface area (Å²) >= 11 is 0. The van der Waals surface area contributed by atoms with Crippen molar-refractivity contribution in [3.63, 3.8) is 0 Å². The molecule has 0 amide bonds. The van der Waals surface area contributed by atoms with Crippen LogP contribution in [0.3, 0.4) is 0 Å². The SMILES string of the molecule is Cc1nc(C(N)C(=O)O)c(C)n1C. The van der Waals surface area contributed by atoms with E-state index in [1.165, 1.54) is 0 Å². The smallest absolute Gasteiger partial charge is 0.326 e. The molecule has 1 rings (SSSR count). The van der Waals surface area contributed by atoms with Gasteiger partial charge in [0.1, 0.15) is 11.9 Å². The van der Waals surface area contributed by atoms with E-state index in [0.717, 1.165) is 11.5 Å². The first kappa shape index (κ1) is 9.73. The fourth-order valence-electron chi connectivity index (χ4n) is 1.16. The Morgan fingerprint density at radius 3 is 2.46 bits per heavy atom. The van der Waals surface area contributed by atoms with E-state index < -0.39 is 12.0 Å². The molecule has 0 saturated heterocycles. The lowest BCUT2D eigenvalue weighted by molar-refractivity contribution is -0.138. The highest BCUT2D eigenvalue weighted by molar-refractivity contribution is 5.74. The summed E-state index contributed by atoms with van der Waals surface area (Å²) in [5.74, 6) is -0.287. The highest BCUT2D eigenvalue weighted by Crippen LogP contribution is 2.15. The number of nitrogens with zero attached hydrogens (tertiary/aromatic N) is 2. The number of nitrogens with two attached hydrogens (primary N) is 1. The Morgan fingerprint density at radius 1 is 1.62 bits per heavy atom. The van der Waals surface area contributed by atoms with Gasteiger partial charge in [0.15, 0.2) is 0 Å². The van der Waals surface area contributed by atoms with Crippen molar-refractivity contribution in [3.05, 3.63) is 17.2 Å². The first-order chi connectivity index (χ1) is 5.95. The van der Waals surface area contributed by atoms with Crippen molar-refractivity contribution in [2.45, 2.75) is 19.9 Å². The van der Waals surface area contributed by atoms with Crippen LogP contribution in [0.25, 0.3) is 0 Å². The van der Waals surface area contributed by atoms with Crippen molar-refractivity contribution >= 4 is 5.97 Å². The second-order valence-electron chi connectivity index (χ2n) is 3.00. The molecule has 3 N–H and O–H groups in total. The molecule has 1 aromatic rings. The van der Waals surface area contributed by atoms with Gasteiger partial charge in [-0.05, 0) is 13.8 Å². The number of hydrogen-bond acceptors (Lipinski definition) is 3. The maximum atomic E-state index is 10.6. The van der Waals surface area contributed by atoms with E-state index in [-0.39, 0.29) is 0 Å². The Balaban J connectivity index is 3.15. The molecule has 1 heterocycles. The third-order valence-corrected chi connectivity index (χ3v) is 2.20. The van der Waals surface area contributed by atoms with Gasteiger partial charge in [-0.3, -0.25) is 4.79 Å². The van der Waals surface area contributed by atoms with Gasteiger partial charge in [-0.2, -0.15) is 0 Å². The Labute approximate surface area is 76.2 Å². The van der Waals surface area contributed by atoms with Crippen molar-refractivity contribution in [3.8, 4) is 0 Å². The standard InChI is InChI=1S/C8H13N3O2/c1-4-7(6(9)8(12)13)10-5(2)11(4)3/h6H,9H2,1-3H3,(H,12,13). The number of carboxylic acids is 1. The van der Waals surface area contributed by atoms with Gasteiger partial charge in [0.2, 0.25) is 0 Å². The van der Waals surface area contributed by atoms with Gasteiger partial charge in [-0.15, -0.1) is 0 Å². The van der Waals surface area contributed by atoms with Crippen LogP contribution in [-0.2, 0) is 11.8 Å². The molecule has 1 atom stereocenters. The molecule has 13 heavy (non-hydrogen) atoms. The fourth-order valence-corrected chi connectivity index (χ4v) is 1.16. The van der Waals surface area contributed by atoms with E-state index in [2.05, 4.69) is 4.98 Å². The lowest BCUT2D eigenvalue weighted by Gasteiger charge is -2.04. The lowest BCUT2D eigenvalue weighted by atomic mass is 10.2. The second-order valence-corrected chi connectivity index (χ2v) is 3.00. The minimum absolute atomic E-state index is 0.438. The zero-order valence-corrected chi connectivity index (χ0v) is 7.90. The zero-order chi connectivity index (χ0) is 10.2. The van der Waals surface area contributed by atoms with Crippen molar-refractivity contribution in [2.24, 2.45) is 12.8 Å². The van der Waals surface area contributed by atoms with Crippen molar-refractivity contribution in [1.29, 1.82) is 0 Å². The van der Waals surface area contributed by atoms with Crippen LogP contribution in [0.15, 0.2) is 0 Å². The van der Waals surface area contributed by atoms with Gasteiger partial charge in [-0.1, -0.05) is 0 Å². The van der Waals surface area contributed by atoms with Gasteiger partial charge in [0.05, 0.1) is 5.69 Å². The highest BCUT2D eigenvalue weighted by atomic mass is 16.4. The molecule has 5 nitrogen and oxygen atoms in total. The van der Waals surface area contributed by atoms with Crippen molar-refractivity contribution < 1.29 is 9.90 Å². The number of aliphatic carboxylic acids is 1. The molecule has 0 radical (unpaired) electrons. The fraction of sp³-hybridized carbons (Fsp3) is 0.500. The van der Waals surface area contributed by atoms with E-state index >= 15 is 0 Å². The first-order valence-electron chi connectivity index (χ1n) is 3.93. The van der Waals surface area contributed by atoms with Gasteiger partial charge < -0.3 is 15.4 Å². The van der Waals surface area contributed by atoms with Crippen LogP contribution < -0.4 is 5.73 Å². The van der Waals surface area contributed by atoms with E-state index in [0.29, 0.717) is 5.69 Å². The summed E-state index contributed by atoms with van der Waals surface area (Å²) in [5, 5.41) is 8.69. The molecule has 0 aliphatic rings. The molecule has 5 heteroatoms. The molecule has 0 fully saturated rings. The van der Waals surface area contributed by atoms with Crippen LogP contribution in [0.4, 0.5) is 0 Å². The summed E-state index contributed by atoms with van der Waals surface area (Å²) < 4.78 is 1.82. The van der Waals surface area contributed by atoms with E-state index in [4.69, 9.17) is 10.8 Å². The zero-order valence-electron chi connectivity index (χ0n) is 7.90. The first-order valence-corrected chi connectivity index (χ1v) is 3.93. The van der Waals surface area contributed by atoms with Crippen LogP contribution >= 0.6 is 0 Å². The number of hydrogen-bond donors (Lipinski definition) is 2. The monoisotopic (exact) mass is 183 g/mol. The molecule has 0 aliphatic heterocycles. The van der Waals surface area contributed by atoms with Crippen LogP contribution in [0.5, 0.6) is 0 Å². The molecule has 72 valence electrons. The molecular formula is C8H13N3O2. The number of aromatic nitrogens is 2. The van der Waals surface area contributed by atoms with Crippen LogP contribution in [0.2, 0.25) is 0 Å². The normalized spacial score (nSPS) is 12.9. The number of imidazole rings is 1. The maximum absolute atomic E-state index is 10.6. The number of aryl methyl sites for hydroxylation is 1. The average Bonchev–Trinajstić information content (AvgIpc) is 2.31.